The van der Waals surface area contributed by atoms with Gasteiger partial charge in [-0.2, -0.15) is 0 Å². The number of nitrogens with zero attached hydrogens (tertiary/aromatic N) is 3. The third-order valence-electron chi connectivity index (χ3n) is 3.84. The van der Waals surface area contributed by atoms with Gasteiger partial charge < -0.3 is 15.0 Å². The zero-order valence-electron chi connectivity index (χ0n) is 11.0. The standard InChI is InChI=1S/C14H20N4O/c19-9-8-18-13(10-11-3-6-15-7-4-11)17-12-2-1-5-16-14(12)18/h1-2,5,11,15,19H,3-4,6-10H2. The number of aliphatic hydroxyl groups is 1. The summed E-state index contributed by atoms with van der Waals surface area (Å²) in [4.78, 5) is 9.08. The number of rotatable bonds is 4. The molecule has 1 fully saturated rings. The highest BCUT2D eigenvalue weighted by Crippen LogP contribution is 2.20. The molecule has 0 atom stereocenters. The van der Waals surface area contributed by atoms with E-state index in [1.165, 1.54) is 12.8 Å². The van der Waals surface area contributed by atoms with Crippen LogP contribution in [0.1, 0.15) is 18.7 Å². The molecule has 0 saturated carbocycles. The van der Waals surface area contributed by atoms with Gasteiger partial charge in [0.25, 0.3) is 0 Å². The molecule has 3 heterocycles. The lowest BCUT2D eigenvalue weighted by atomic mass is 9.94. The van der Waals surface area contributed by atoms with Crippen molar-refractivity contribution < 1.29 is 5.11 Å². The first-order valence-electron chi connectivity index (χ1n) is 7.00. The molecule has 19 heavy (non-hydrogen) atoms. The van der Waals surface area contributed by atoms with Gasteiger partial charge in [-0.1, -0.05) is 0 Å². The minimum Gasteiger partial charge on any atom is -0.395 e. The van der Waals surface area contributed by atoms with Gasteiger partial charge in [0.1, 0.15) is 11.3 Å². The predicted molar refractivity (Wildman–Crippen MR) is 73.9 cm³/mol. The maximum Gasteiger partial charge on any atom is 0.160 e. The van der Waals surface area contributed by atoms with E-state index in [1.807, 2.05) is 12.1 Å². The van der Waals surface area contributed by atoms with Crippen LogP contribution in [0.3, 0.4) is 0 Å². The van der Waals surface area contributed by atoms with E-state index in [0.717, 1.165) is 36.5 Å². The molecule has 3 rings (SSSR count). The summed E-state index contributed by atoms with van der Waals surface area (Å²) in [6.07, 6.45) is 5.18. The second-order valence-corrected chi connectivity index (χ2v) is 5.15. The Hall–Kier alpha value is -1.46. The number of imidazole rings is 1. The lowest BCUT2D eigenvalue weighted by molar-refractivity contribution is 0.273. The molecule has 5 nitrogen and oxygen atoms in total. The van der Waals surface area contributed by atoms with Gasteiger partial charge in [-0.3, -0.25) is 0 Å². The number of nitrogens with one attached hydrogen (secondary N) is 1. The van der Waals surface area contributed by atoms with Gasteiger partial charge >= 0.3 is 0 Å². The molecule has 0 radical (unpaired) electrons. The average Bonchev–Trinajstić information content (AvgIpc) is 2.79. The third kappa shape index (κ3) is 2.62. The fourth-order valence-electron chi connectivity index (χ4n) is 2.84. The molecule has 1 saturated heterocycles. The summed E-state index contributed by atoms with van der Waals surface area (Å²) in [5, 5.41) is 12.6. The van der Waals surface area contributed by atoms with Crippen molar-refractivity contribution in [2.45, 2.75) is 25.8 Å². The Bertz CT molecular complexity index is 545. The molecule has 0 aliphatic carbocycles. The Morgan fingerprint density at radius 2 is 2.21 bits per heavy atom. The van der Waals surface area contributed by atoms with Crippen LogP contribution in [-0.2, 0) is 13.0 Å². The Balaban J connectivity index is 1.90. The van der Waals surface area contributed by atoms with Crippen molar-refractivity contribution in [3.8, 4) is 0 Å². The van der Waals surface area contributed by atoms with E-state index >= 15 is 0 Å². The van der Waals surface area contributed by atoms with Crippen molar-refractivity contribution in [1.29, 1.82) is 0 Å². The Morgan fingerprint density at radius 1 is 1.37 bits per heavy atom. The first kappa shape index (κ1) is 12.6. The maximum atomic E-state index is 9.24. The lowest BCUT2D eigenvalue weighted by Gasteiger charge is -2.22. The summed E-state index contributed by atoms with van der Waals surface area (Å²) >= 11 is 0. The van der Waals surface area contributed by atoms with Crippen LogP contribution in [0.5, 0.6) is 0 Å². The molecule has 1 aliphatic heterocycles. The van der Waals surface area contributed by atoms with E-state index in [9.17, 15) is 5.11 Å². The van der Waals surface area contributed by atoms with Gasteiger partial charge in [0.2, 0.25) is 0 Å². The molecule has 2 N–H and O–H groups in total. The van der Waals surface area contributed by atoms with Gasteiger partial charge in [-0.05, 0) is 44.0 Å². The van der Waals surface area contributed by atoms with Gasteiger partial charge in [-0.25, -0.2) is 9.97 Å². The highest BCUT2D eigenvalue weighted by atomic mass is 16.3. The second kappa shape index (κ2) is 5.67. The Labute approximate surface area is 112 Å². The molecule has 0 bridgehead atoms. The van der Waals surface area contributed by atoms with E-state index in [4.69, 9.17) is 4.98 Å². The fraction of sp³-hybridized carbons (Fsp3) is 0.571. The van der Waals surface area contributed by atoms with Crippen LogP contribution in [0, 0.1) is 5.92 Å². The molecule has 1 aliphatic rings. The van der Waals surface area contributed by atoms with Crippen LogP contribution in [0.2, 0.25) is 0 Å². The van der Waals surface area contributed by atoms with E-state index in [1.54, 1.807) is 6.20 Å². The molecule has 2 aromatic rings. The normalized spacial score (nSPS) is 17.1. The molecule has 2 aromatic heterocycles. The van der Waals surface area contributed by atoms with Crippen molar-refractivity contribution in [2.24, 2.45) is 5.92 Å². The molecule has 0 spiro atoms. The van der Waals surface area contributed by atoms with E-state index in [-0.39, 0.29) is 6.61 Å². The van der Waals surface area contributed by atoms with Crippen molar-refractivity contribution in [1.82, 2.24) is 19.9 Å². The van der Waals surface area contributed by atoms with Crippen LogP contribution >= 0.6 is 0 Å². The first-order valence-corrected chi connectivity index (χ1v) is 7.00. The van der Waals surface area contributed by atoms with Crippen LogP contribution in [0.15, 0.2) is 18.3 Å². The highest BCUT2D eigenvalue weighted by molar-refractivity contribution is 5.71. The minimum atomic E-state index is 0.126. The van der Waals surface area contributed by atoms with Crippen LogP contribution in [0.25, 0.3) is 11.2 Å². The molecular formula is C14H20N4O. The second-order valence-electron chi connectivity index (χ2n) is 5.15. The number of pyridine rings is 1. The smallest absolute Gasteiger partial charge is 0.160 e. The summed E-state index contributed by atoms with van der Waals surface area (Å²) in [5.74, 6) is 1.75. The molecule has 0 amide bonds. The summed E-state index contributed by atoms with van der Waals surface area (Å²) < 4.78 is 2.07. The number of piperidine rings is 1. The van der Waals surface area contributed by atoms with Crippen molar-refractivity contribution >= 4 is 11.2 Å². The van der Waals surface area contributed by atoms with Gasteiger partial charge in [0.15, 0.2) is 5.65 Å². The molecule has 0 aromatic carbocycles. The zero-order valence-corrected chi connectivity index (χ0v) is 11.0. The summed E-state index contributed by atoms with van der Waals surface area (Å²) in [6, 6.07) is 3.90. The summed E-state index contributed by atoms with van der Waals surface area (Å²) in [5.41, 5.74) is 1.82. The summed E-state index contributed by atoms with van der Waals surface area (Å²) in [7, 11) is 0. The minimum absolute atomic E-state index is 0.126. The zero-order chi connectivity index (χ0) is 13.1. The van der Waals surface area contributed by atoms with Gasteiger partial charge in [0, 0.05) is 19.2 Å². The average molecular weight is 260 g/mol. The molecule has 102 valence electrons. The predicted octanol–water partition coefficient (Wildman–Crippen LogP) is 0.966. The highest BCUT2D eigenvalue weighted by Gasteiger charge is 2.18. The van der Waals surface area contributed by atoms with E-state index < -0.39 is 0 Å². The molecular weight excluding hydrogens is 240 g/mol. The maximum absolute atomic E-state index is 9.24. The van der Waals surface area contributed by atoms with Crippen molar-refractivity contribution in [3.63, 3.8) is 0 Å². The SMILES string of the molecule is OCCn1c(CC2CCNCC2)nc2cccnc21. The van der Waals surface area contributed by atoms with Crippen molar-refractivity contribution in [2.75, 3.05) is 19.7 Å². The number of aromatic nitrogens is 3. The summed E-state index contributed by atoms with van der Waals surface area (Å²) in [6.45, 7) is 2.90. The number of aliphatic hydroxyl groups excluding tert-OH is 1. The Morgan fingerprint density at radius 3 is 3.00 bits per heavy atom. The van der Waals surface area contributed by atoms with Crippen LogP contribution in [0.4, 0.5) is 0 Å². The number of hydrogen-bond donors (Lipinski definition) is 2. The largest absolute Gasteiger partial charge is 0.395 e. The topological polar surface area (TPSA) is 63.0 Å². The van der Waals surface area contributed by atoms with Crippen LogP contribution in [-0.4, -0.2) is 39.3 Å². The molecule has 0 unspecified atom stereocenters. The van der Waals surface area contributed by atoms with Crippen molar-refractivity contribution in [3.05, 3.63) is 24.2 Å². The van der Waals surface area contributed by atoms with Crippen LogP contribution < -0.4 is 5.32 Å². The monoisotopic (exact) mass is 260 g/mol. The molecule has 5 heteroatoms. The fourth-order valence-corrected chi connectivity index (χ4v) is 2.84. The number of hydrogen-bond acceptors (Lipinski definition) is 4. The van der Waals surface area contributed by atoms with Gasteiger partial charge in [-0.15, -0.1) is 0 Å². The van der Waals surface area contributed by atoms with E-state index in [2.05, 4.69) is 14.9 Å². The number of fused-ring (bicyclic) bond motifs is 1. The quantitative estimate of drug-likeness (QED) is 0.859. The first-order chi connectivity index (χ1) is 9.38. The van der Waals surface area contributed by atoms with Gasteiger partial charge in [0.05, 0.1) is 6.61 Å². The lowest BCUT2D eigenvalue weighted by Crippen LogP contribution is -2.29. The van der Waals surface area contributed by atoms with E-state index in [0.29, 0.717) is 12.5 Å². The Kier molecular flexibility index (Phi) is 3.75. The third-order valence-corrected chi connectivity index (χ3v) is 3.84.